The van der Waals surface area contributed by atoms with Crippen molar-refractivity contribution >= 4 is 11.8 Å². The van der Waals surface area contributed by atoms with Gasteiger partial charge < -0.3 is 14.5 Å². The second-order valence-electron chi connectivity index (χ2n) is 6.12. The molecule has 0 aliphatic carbocycles. The van der Waals surface area contributed by atoms with E-state index < -0.39 is 0 Å². The van der Waals surface area contributed by atoms with Gasteiger partial charge in [0.05, 0.1) is 13.2 Å². The second kappa shape index (κ2) is 8.56. The van der Waals surface area contributed by atoms with E-state index in [0.717, 1.165) is 37.0 Å². The molecular weight excluding hydrogens is 292 g/mol. The predicted octanol–water partition coefficient (Wildman–Crippen LogP) is 2.10. The molecule has 2 bridgehead atoms. The summed E-state index contributed by atoms with van der Waals surface area (Å²) in [5.41, 5.74) is 1.15. The Labute approximate surface area is 138 Å². The van der Waals surface area contributed by atoms with Crippen molar-refractivity contribution in [3.63, 3.8) is 0 Å². The van der Waals surface area contributed by atoms with Crippen LogP contribution in [0.5, 0.6) is 5.75 Å². The average molecular weight is 318 g/mol. The number of carbonyl (C=O) groups is 2. The summed E-state index contributed by atoms with van der Waals surface area (Å²) < 4.78 is 5.77. The Balaban J connectivity index is 2.04. The van der Waals surface area contributed by atoms with Crippen LogP contribution in [0.15, 0.2) is 24.3 Å². The van der Waals surface area contributed by atoms with E-state index in [9.17, 15) is 9.59 Å². The minimum Gasteiger partial charge on any atom is -0.494 e. The van der Waals surface area contributed by atoms with Crippen molar-refractivity contribution in [2.45, 2.75) is 32.1 Å². The van der Waals surface area contributed by atoms with Crippen LogP contribution in [0.1, 0.15) is 31.2 Å². The summed E-state index contributed by atoms with van der Waals surface area (Å²) in [5.74, 6) is 0.879. The van der Waals surface area contributed by atoms with Crippen molar-refractivity contribution < 1.29 is 14.3 Å². The molecule has 0 saturated heterocycles. The summed E-state index contributed by atoms with van der Waals surface area (Å²) >= 11 is 0. The van der Waals surface area contributed by atoms with E-state index in [2.05, 4.69) is 0 Å². The molecule has 126 valence electrons. The maximum absolute atomic E-state index is 12.2. The maximum atomic E-state index is 12.2. The van der Waals surface area contributed by atoms with Gasteiger partial charge >= 0.3 is 0 Å². The molecule has 0 unspecified atom stereocenters. The van der Waals surface area contributed by atoms with Gasteiger partial charge in [0.1, 0.15) is 5.75 Å². The number of hydrogen-bond acceptors (Lipinski definition) is 3. The second-order valence-corrected chi connectivity index (χ2v) is 6.12. The number of hydrogen-bond donors (Lipinski definition) is 0. The largest absolute Gasteiger partial charge is 0.494 e. The van der Waals surface area contributed by atoms with E-state index in [4.69, 9.17) is 4.74 Å². The maximum Gasteiger partial charge on any atom is 0.241 e. The summed E-state index contributed by atoms with van der Waals surface area (Å²) in [6, 6.07) is 8.03. The molecule has 23 heavy (non-hydrogen) atoms. The normalized spacial score (nSPS) is 18.7. The zero-order chi connectivity index (χ0) is 16.7. The fourth-order valence-corrected chi connectivity index (χ4v) is 2.56. The topological polar surface area (TPSA) is 49.9 Å². The summed E-state index contributed by atoms with van der Waals surface area (Å²) in [6.07, 6.45) is 3.98. The van der Waals surface area contributed by atoms with E-state index >= 15 is 0 Å². The molecule has 1 aliphatic heterocycles. The zero-order valence-corrected chi connectivity index (χ0v) is 14.1. The molecule has 1 aliphatic rings. The number of rotatable bonds is 0. The predicted molar refractivity (Wildman–Crippen MR) is 89.4 cm³/mol. The molecule has 0 atom stereocenters. The highest BCUT2D eigenvalue weighted by Crippen LogP contribution is 2.15. The third-order valence-corrected chi connectivity index (χ3v) is 4.16. The van der Waals surface area contributed by atoms with Crippen molar-refractivity contribution in [1.29, 1.82) is 0 Å². The van der Waals surface area contributed by atoms with Crippen molar-refractivity contribution in [3.05, 3.63) is 29.8 Å². The molecule has 5 nitrogen and oxygen atoms in total. The molecule has 1 aromatic rings. The number of likely N-dealkylation sites (N-methyl/N-ethyl adjacent to an activating group) is 2. The van der Waals surface area contributed by atoms with Crippen molar-refractivity contribution in [1.82, 2.24) is 9.80 Å². The fraction of sp³-hybridized carbons (Fsp3) is 0.556. The third-order valence-electron chi connectivity index (χ3n) is 4.16. The van der Waals surface area contributed by atoms with E-state index in [0.29, 0.717) is 19.6 Å². The molecule has 2 rings (SSSR count). The highest BCUT2D eigenvalue weighted by atomic mass is 16.5. The van der Waals surface area contributed by atoms with Gasteiger partial charge in [0.15, 0.2) is 0 Å². The molecule has 0 saturated carbocycles. The van der Waals surface area contributed by atoms with Crippen LogP contribution in [0.25, 0.3) is 0 Å². The molecule has 0 aromatic heterocycles. The molecule has 2 amide bonds. The first kappa shape index (κ1) is 17.3. The lowest BCUT2D eigenvalue weighted by atomic mass is 10.1. The highest BCUT2D eigenvalue weighted by Gasteiger charge is 2.16. The van der Waals surface area contributed by atoms with Gasteiger partial charge in [0, 0.05) is 27.1 Å². The lowest BCUT2D eigenvalue weighted by Gasteiger charge is -2.22. The van der Waals surface area contributed by atoms with Crippen molar-refractivity contribution in [2.75, 3.05) is 33.8 Å². The number of ether oxygens (including phenoxy) is 1. The highest BCUT2D eigenvalue weighted by molar-refractivity contribution is 5.84. The Morgan fingerprint density at radius 2 is 1.78 bits per heavy atom. The van der Waals surface area contributed by atoms with Crippen LogP contribution in [0, 0.1) is 0 Å². The standard InChI is InChI=1S/C18H26N2O3/c1-19-11-10-15-7-6-8-16(13-15)23-12-5-3-4-9-17(21)20(2)14-18(19)22/h6-8,13H,3-5,9-12,14H2,1-2H3. The van der Waals surface area contributed by atoms with Gasteiger partial charge in [-0.1, -0.05) is 12.1 Å². The Bertz CT molecular complexity index is 545. The molecule has 5 heteroatoms. The first-order valence-electron chi connectivity index (χ1n) is 8.26. The summed E-state index contributed by atoms with van der Waals surface area (Å²) in [4.78, 5) is 27.4. The quantitative estimate of drug-likeness (QED) is 0.736. The van der Waals surface area contributed by atoms with E-state index in [-0.39, 0.29) is 18.4 Å². The number of fused-ring (bicyclic) bond motifs is 2. The van der Waals surface area contributed by atoms with Crippen LogP contribution >= 0.6 is 0 Å². The zero-order valence-electron chi connectivity index (χ0n) is 14.1. The molecule has 0 fully saturated rings. The molecule has 0 radical (unpaired) electrons. The van der Waals surface area contributed by atoms with E-state index in [1.807, 2.05) is 24.3 Å². The lowest BCUT2D eigenvalue weighted by molar-refractivity contribution is -0.138. The van der Waals surface area contributed by atoms with Crippen LogP contribution < -0.4 is 4.74 Å². The lowest BCUT2D eigenvalue weighted by Crippen LogP contribution is -2.40. The number of carbonyl (C=O) groups excluding carboxylic acids is 2. The smallest absolute Gasteiger partial charge is 0.241 e. The minimum atomic E-state index is -0.0275. The molecule has 1 heterocycles. The molecule has 0 N–H and O–H groups in total. The van der Waals surface area contributed by atoms with Crippen LogP contribution in [0.4, 0.5) is 0 Å². The molecular formula is C18H26N2O3. The number of amides is 2. The van der Waals surface area contributed by atoms with Gasteiger partial charge in [-0.3, -0.25) is 9.59 Å². The van der Waals surface area contributed by atoms with E-state index in [1.54, 1.807) is 19.0 Å². The Morgan fingerprint density at radius 3 is 2.61 bits per heavy atom. The van der Waals surface area contributed by atoms with Gasteiger partial charge in [-0.25, -0.2) is 0 Å². The number of benzene rings is 1. The first-order valence-corrected chi connectivity index (χ1v) is 8.26. The van der Waals surface area contributed by atoms with E-state index in [1.165, 1.54) is 4.90 Å². The van der Waals surface area contributed by atoms with Crippen LogP contribution in [-0.2, 0) is 16.0 Å². The van der Waals surface area contributed by atoms with Crippen LogP contribution in [0.3, 0.4) is 0 Å². The van der Waals surface area contributed by atoms with Crippen LogP contribution in [0.2, 0.25) is 0 Å². The summed E-state index contributed by atoms with van der Waals surface area (Å²) in [6.45, 7) is 1.45. The average Bonchev–Trinajstić information content (AvgIpc) is 2.55. The van der Waals surface area contributed by atoms with Crippen molar-refractivity contribution in [2.24, 2.45) is 0 Å². The fourth-order valence-electron chi connectivity index (χ4n) is 2.56. The van der Waals surface area contributed by atoms with Gasteiger partial charge in [0.25, 0.3) is 0 Å². The monoisotopic (exact) mass is 318 g/mol. The summed E-state index contributed by atoms with van der Waals surface area (Å²) in [5, 5.41) is 0. The summed E-state index contributed by atoms with van der Waals surface area (Å²) in [7, 11) is 3.48. The Kier molecular flexibility index (Phi) is 6.44. The van der Waals surface area contributed by atoms with Gasteiger partial charge in [-0.2, -0.15) is 0 Å². The van der Waals surface area contributed by atoms with Crippen LogP contribution in [-0.4, -0.2) is 55.4 Å². The minimum absolute atomic E-state index is 0.0275. The first-order chi connectivity index (χ1) is 11.1. The van der Waals surface area contributed by atoms with Gasteiger partial charge in [0.2, 0.25) is 11.8 Å². The van der Waals surface area contributed by atoms with Crippen molar-refractivity contribution in [3.8, 4) is 5.75 Å². The Morgan fingerprint density at radius 1 is 0.957 bits per heavy atom. The third kappa shape index (κ3) is 5.58. The van der Waals surface area contributed by atoms with Gasteiger partial charge in [-0.05, 0) is 43.4 Å². The number of nitrogens with zero attached hydrogens (tertiary/aromatic N) is 2. The molecule has 0 spiro atoms. The van der Waals surface area contributed by atoms with Gasteiger partial charge in [-0.15, -0.1) is 0 Å². The Hall–Kier alpha value is -2.04. The SMILES string of the molecule is CN1CCc2cccc(c2)OCCCCCC(=O)N(C)CC1=O. The molecule has 1 aromatic carbocycles.